The minimum atomic E-state index is -0.325. The van der Waals surface area contributed by atoms with Gasteiger partial charge in [0.2, 0.25) is 0 Å². The van der Waals surface area contributed by atoms with Gasteiger partial charge in [-0.15, -0.1) is 0 Å². The van der Waals surface area contributed by atoms with Gasteiger partial charge < -0.3 is 15.3 Å². The first-order valence-electron chi connectivity index (χ1n) is 14.2. The fourth-order valence-electron chi connectivity index (χ4n) is 12.1. The zero-order chi connectivity index (χ0) is 24.2. The summed E-state index contributed by atoms with van der Waals surface area (Å²) in [7, 11) is 0. The lowest BCUT2D eigenvalue weighted by molar-refractivity contribution is -0.291. The number of aliphatic hydroxyl groups is 3. The van der Waals surface area contributed by atoms with Crippen molar-refractivity contribution in [2.45, 2.75) is 118 Å². The maximum absolute atomic E-state index is 12.0. The van der Waals surface area contributed by atoms with Gasteiger partial charge in [0.05, 0.1) is 12.2 Å². The summed E-state index contributed by atoms with van der Waals surface area (Å²) in [6.45, 7) is 17.4. The molecular formula is C30H52O3. The maximum Gasteiger partial charge on any atom is 0.0600 e. The molecule has 0 bridgehead atoms. The SMILES string of the molecule is C[C@H](CO)[C@H]1CC[C@@]2(C)[C@@H]1CC[C@]1(C)[C@@H]2C[C@@H](O)[C@H]2[C@@]3(C)[C@@H](O)CCC(C)(C)[C@@H]3CC[C@]21C. The Morgan fingerprint density at radius 3 is 2.12 bits per heavy atom. The Balaban J connectivity index is 1.56. The van der Waals surface area contributed by atoms with Crippen molar-refractivity contribution in [3.05, 3.63) is 0 Å². The van der Waals surface area contributed by atoms with Crippen LogP contribution in [0.4, 0.5) is 0 Å². The molecular weight excluding hydrogens is 408 g/mol. The summed E-state index contributed by atoms with van der Waals surface area (Å²) in [5.41, 5.74) is 0.551. The zero-order valence-corrected chi connectivity index (χ0v) is 22.5. The zero-order valence-electron chi connectivity index (χ0n) is 22.5. The van der Waals surface area contributed by atoms with E-state index in [-0.39, 0.29) is 45.2 Å². The number of fused-ring (bicyclic) bond motifs is 7. The summed E-state index contributed by atoms with van der Waals surface area (Å²) in [6.07, 6.45) is 9.61. The molecule has 5 fully saturated rings. The Labute approximate surface area is 203 Å². The van der Waals surface area contributed by atoms with Gasteiger partial charge in [-0.2, -0.15) is 0 Å². The smallest absolute Gasteiger partial charge is 0.0600 e. The second-order valence-electron chi connectivity index (χ2n) is 15.2. The minimum Gasteiger partial charge on any atom is -0.396 e. The molecule has 0 aliphatic heterocycles. The minimum absolute atomic E-state index is 0.0592. The number of hydrogen-bond acceptors (Lipinski definition) is 3. The molecule has 5 rings (SSSR count). The van der Waals surface area contributed by atoms with Crippen molar-refractivity contribution < 1.29 is 15.3 Å². The van der Waals surface area contributed by atoms with E-state index in [0.29, 0.717) is 36.2 Å². The van der Waals surface area contributed by atoms with E-state index < -0.39 is 0 Å². The molecule has 33 heavy (non-hydrogen) atoms. The van der Waals surface area contributed by atoms with Crippen molar-refractivity contribution in [3.63, 3.8) is 0 Å². The van der Waals surface area contributed by atoms with Crippen LogP contribution in [0, 0.1) is 62.6 Å². The summed E-state index contributed by atoms with van der Waals surface area (Å²) in [4.78, 5) is 0. The molecule has 0 saturated heterocycles. The molecule has 5 aliphatic rings. The maximum atomic E-state index is 12.0. The molecule has 0 amide bonds. The lowest BCUT2D eigenvalue weighted by Crippen LogP contribution is -2.71. The van der Waals surface area contributed by atoms with Crippen molar-refractivity contribution >= 4 is 0 Å². The van der Waals surface area contributed by atoms with Crippen LogP contribution in [0.5, 0.6) is 0 Å². The third-order valence-electron chi connectivity index (χ3n) is 13.9. The van der Waals surface area contributed by atoms with Gasteiger partial charge in [0.1, 0.15) is 0 Å². The summed E-state index contributed by atoms with van der Waals surface area (Å²) in [5, 5.41) is 33.5. The van der Waals surface area contributed by atoms with Gasteiger partial charge in [0, 0.05) is 12.0 Å². The van der Waals surface area contributed by atoms with Crippen molar-refractivity contribution in [3.8, 4) is 0 Å². The molecule has 0 aromatic carbocycles. The van der Waals surface area contributed by atoms with Crippen molar-refractivity contribution in [2.75, 3.05) is 6.61 Å². The molecule has 0 aromatic heterocycles. The normalized spacial score (nSPS) is 58.5. The van der Waals surface area contributed by atoms with Crippen LogP contribution in [-0.4, -0.2) is 34.1 Å². The van der Waals surface area contributed by atoms with E-state index >= 15 is 0 Å². The van der Waals surface area contributed by atoms with Crippen molar-refractivity contribution in [1.82, 2.24) is 0 Å². The van der Waals surface area contributed by atoms with Crippen LogP contribution in [0.15, 0.2) is 0 Å². The molecule has 0 unspecified atom stereocenters. The molecule has 0 radical (unpaired) electrons. The second-order valence-corrected chi connectivity index (χ2v) is 15.2. The first-order valence-corrected chi connectivity index (χ1v) is 14.2. The van der Waals surface area contributed by atoms with Gasteiger partial charge in [0.15, 0.2) is 0 Å². The Kier molecular flexibility index (Phi) is 5.55. The molecule has 3 nitrogen and oxygen atoms in total. The first-order chi connectivity index (χ1) is 15.3. The Hall–Kier alpha value is -0.120. The van der Waals surface area contributed by atoms with Crippen LogP contribution in [0.3, 0.4) is 0 Å². The predicted molar refractivity (Wildman–Crippen MR) is 133 cm³/mol. The fourth-order valence-corrected chi connectivity index (χ4v) is 12.1. The van der Waals surface area contributed by atoms with Gasteiger partial charge in [-0.25, -0.2) is 0 Å². The molecule has 3 heteroatoms. The van der Waals surface area contributed by atoms with Crippen molar-refractivity contribution in [1.29, 1.82) is 0 Å². The van der Waals surface area contributed by atoms with E-state index in [9.17, 15) is 15.3 Å². The summed E-state index contributed by atoms with van der Waals surface area (Å²) in [6, 6.07) is 0. The second kappa shape index (κ2) is 7.45. The van der Waals surface area contributed by atoms with E-state index in [1.165, 1.54) is 38.5 Å². The average molecular weight is 461 g/mol. The number of aliphatic hydroxyl groups excluding tert-OH is 3. The van der Waals surface area contributed by atoms with Crippen LogP contribution in [0.2, 0.25) is 0 Å². The Morgan fingerprint density at radius 1 is 0.788 bits per heavy atom. The molecule has 5 aliphatic carbocycles. The van der Waals surface area contributed by atoms with Crippen LogP contribution >= 0.6 is 0 Å². The highest BCUT2D eigenvalue weighted by atomic mass is 16.3. The predicted octanol–water partition coefficient (Wildman–Crippen LogP) is 6.05. The quantitative estimate of drug-likeness (QED) is 0.470. The van der Waals surface area contributed by atoms with Crippen LogP contribution in [-0.2, 0) is 0 Å². The number of hydrogen-bond donors (Lipinski definition) is 3. The fraction of sp³-hybridized carbons (Fsp3) is 1.00. The molecule has 12 atom stereocenters. The van der Waals surface area contributed by atoms with Gasteiger partial charge >= 0.3 is 0 Å². The Morgan fingerprint density at radius 2 is 1.45 bits per heavy atom. The summed E-state index contributed by atoms with van der Waals surface area (Å²) >= 11 is 0. The standard InChI is InChI=1S/C30H52O3/c1-18(17-31)19-8-13-27(4)20(19)9-14-28(5)23(27)16-21(32)25-29(28,6)15-10-22-26(2,3)12-11-24(33)30(22,25)7/h18-25,31-33H,8-17H2,1-7H3/t18-,19-,20-,21-,22+,23-,24+,25-,27+,28-,29-,30-/m1/s1. The van der Waals surface area contributed by atoms with E-state index in [1.807, 2.05) is 0 Å². The van der Waals surface area contributed by atoms with Gasteiger partial charge in [0.25, 0.3) is 0 Å². The molecule has 5 saturated carbocycles. The van der Waals surface area contributed by atoms with Crippen LogP contribution in [0.1, 0.15) is 106 Å². The lowest BCUT2D eigenvalue weighted by atomic mass is 9.31. The van der Waals surface area contributed by atoms with Crippen LogP contribution < -0.4 is 0 Å². The molecule has 0 spiro atoms. The van der Waals surface area contributed by atoms with Gasteiger partial charge in [-0.05, 0) is 115 Å². The molecule has 0 aromatic rings. The van der Waals surface area contributed by atoms with E-state index in [2.05, 4.69) is 48.5 Å². The van der Waals surface area contributed by atoms with Crippen molar-refractivity contribution in [2.24, 2.45) is 62.6 Å². The summed E-state index contributed by atoms with van der Waals surface area (Å²) in [5.74, 6) is 2.87. The van der Waals surface area contributed by atoms with E-state index in [1.54, 1.807) is 0 Å². The first kappa shape index (κ1) is 24.6. The Bertz CT molecular complexity index is 779. The third kappa shape index (κ3) is 2.91. The number of rotatable bonds is 2. The molecule has 0 heterocycles. The van der Waals surface area contributed by atoms with E-state index in [4.69, 9.17) is 0 Å². The average Bonchev–Trinajstić information content (AvgIpc) is 3.09. The third-order valence-corrected chi connectivity index (χ3v) is 13.9. The highest BCUT2D eigenvalue weighted by molar-refractivity contribution is 5.22. The largest absolute Gasteiger partial charge is 0.396 e. The van der Waals surface area contributed by atoms with Crippen LogP contribution in [0.25, 0.3) is 0 Å². The lowest BCUT2D eigenvalue weighted by Gasteiger charge is -2.74. The monoisotopic (exact) mass is 460 g/mol. The van der Waals surface area contributed by atoms with Gasteiger partial charge in [-0.3, -0.25) is 0 Å². The topological polar surface area (TPSA) is 60.7 Å². The summed E-state index contributed by atoms with van der Waals surface area (Å²) < 4.78 is 0. The molecule has 190 valence electrons. The van der Waals surface area contributed by atoms with Gasteiger partial charge in [-0.1, -0.05) is 48.5 Å². The highest BCUT2D eigenvalue weighted by Crippen LogP contribution is 2.77. The highest BCUT2D eigenvalue weighted by Gasteiger charge is 2.73. The van der Waals surface area contributed by atoms with E-state index in [0.717, 1.165) is 19.3 Å². The molecule has 3 N–H and O–H groups in total.